The van der Waals surface area contributed by atoms with Crippen LogP contribution in [0.1, 0.15) is 24.1 Å². The molecule has 1 aliphatic carbocycles. The first kappa shape index (κ1) is 23.0. The predicted octanol–water partition coefficient (Wildman–Crippen LogP) is 2.21. The van der Waals surface area contributed by atoms with E-state index in [1.54, 1.807) is 22.9 Å². The zero-order chi connectivity index (χ0) is 26.5. The Morgan fingerprint density at radius 1 is 1.15 bits per heavy atom. The molecular formula is C27H22FN7O4. The quantitative estimate of drug-likeness (QED) is 0.265. The molecule has 1 aliphatic heterocycles. The predicted molar refractivity (Wildman–Crippen MR) is 139 cm³/mol. The van der Waals surface area contributed by atoms with Crippen LogP contribution < -0.4 is 31.2 Å². The summed E-state index contributed by atoms with van der Waals surface area (Å²) in [5.41, 5.74) is 3.20. The molecule has 2 aromatic carbocycles. The molecule has 0 unspecified atom stereocenters. The first-order valence-electron chi connectivity index (χ1n) is 12.4. The summed E-state index contributed by atoms with van der Waals surface area (Å²) in [5, 5.41) is 18.4. The van der Waals surface area contributed by atoms with Gasteiger partial charge in [-0.25, -0.2) is 14.2 Å². The van der Waals surface area contributed by atoms with Gasteiger partial charge in [0.15, 0.2) is 22.6 Å². The van der Waals surface area contributed by atoms with E-state index in [4.69, 9.17) is 19.5 Å². The molecule has 1 saturated carbocycles. The number of aromatic amines is 2. The molecular weight excluding hydrogens is 505 g/mol. The number of fused-ring (bicyclic) bond motifs is 2. The average Bonchev–Trinajstić information content (AvgIpc) is 3.31. The highest BCUT2D eigenvalue weighted by Gasteiger charge is 2.21. The van der Waals surface area contributed by atoms with Crippen molar-refractivity contribution in [3.8, 4) is 28.5 Å². The maximum Gasteiger partial charge on any atom is 0.326 e. The van der Waals surface area contributed by atoms with Gasteiger partial charge in [0.25, 0.3) is 0 Å². The number of nitrogens with one attached hydrogen (secondary N) is 3. The average molecular weight is 528 g/mol. The molecule has 196 valence electrons. The number of benzene rings is 2. The Morgan fingerprint density at radius 3 is 2.85 bits per heavy atom. The minimum atomic E-state index is -0.521. The molecule has 1 fully saturated rings. The first-order valence-corrected chi connectivity index (χ1v) is 12.4. The zero-order valence-corrected chi connectivity index (χ0v) is 20.4. The van der Waals surface area contributed by atoms with Crippen LogP contribution in [0.15, 0.2) is 58.4 Å². The Morgan fingerprint density at radius 2 is 2.03 bits per heavy atom. The van der Waals surface area contributed by atoms with Gasteiger partial charge in [-0.05, 0) is 59.9 Å². The molecule has 0 atom stereocenters. The number of imidazole rings is 1. The van der Waals surface area contributed by atoms with Crippen molar-refractivity contribution in [2.24, 2.45) is 4.99 Å². The number of nitrogens with zero attached hydrogens (tertiary/aromatic N) is 4. The normalized spacial score (nSPS) is 15.4. The maximum atomic E-state index is 14.3. The summed E-state index contributed by atoms with van der Waals surface area (Å²) < 4.78 is 26.8. The number of H-pyrrole nitrogens is 2. The third-order valence-electron chi connectivity index (χ3n) is 6.59. The monoisotopic (exact) mass is 527 g/mol. The highest BCUT2D eigenvalue weighted by atomic mass is 19.1. The lowest BCUT2D eigenvalue weighted by atomic mass is 9.99. The van der Waals surface area contributed by atoms with Crippen molar-refractivity contribution in [2.75, 3.05) is 12.1 Å². The number of aromatic hydroxyl groups is 1. The van der Waals surface area contributed by atoms with E-state index >= 15 is 0 Å². The third kappa shape index (κ3) is 4.45. The fourth-order valence-corrected chi connectivity index (χ4v) is 4.51. The summed E-state index contributed by atoms with van der Waals surface area (Å²) in [4.78, 5) is 25.9. The van der Waals surface area contributed by atoms with Crippen LogP contribution in [0.25, 0.3) is 22.9 Å². The second kappa shape index (κ2) is 9.01. The molecule has 4 heterocycles. The highest BCUT2D eigenvalue weighted by molar-refractivity contribution is 5.71. The number of anilines is 1. The van der Waals surface area contributed by atoms with Crippen molar-refractivity contribution in [3.05, 3.63) is 86.9 Å². The van der Waals surface area contributed by atoms with Crippen LogP contribution >= 0.6 is 0 Å². The van der Waals surface area contributed by atoms with Crippen LogP contribution in [0.2, 0.25) is 0 Å². The molecule has 5 aromatic rings. The van der Waals surface area contributed by atoms with Gasteiger partial charge in [0.1, 0.15) is 17.3 Å². The molecule has 12 heteroatoms. The summed E-state index contributed by atoms with van der Waals surface area (Å²) in [6.07, 6.45) is 5.21. The molecule has 0 bridgehead atoms. The van der Waals surface area contributed by atoms with E-state index < -0.39 is 5.69 Å². The number of halogens is 1. The van der Waals surface area contributed by atoms with Crippen molar-refractivity contribution >= 4 is 17.5 Å². The minimum Gasteiger partial charge on any atom is -0.493 e. The topological polar surface area (TPSA) is 142 Å². The van der Waals surface area contributed by atoms with E-state index in [2.05, 4.69) is 20.4 Å². The van der Waals surface area contributed by atoms with E-state index in [0.29, 0.717) is 40.2 Å². The lowest BCUT2D eigenvalue weighted by Gasteiger charge is -2.13. The van der Waals surface area contributed by atoms with Gasteiger partial charge < -0.3 is 24.9 Å². The van der Waals surface area contributed by atoms with Crippen LogP contribution in [0.3, 0.4) is 0 Å². The van der Waals surface area contributed by atoms with Gasteiger partial charge >= 0.3 is 5.69 Å². The summed E-state index contributed by atoms with van der Waals surface area (Å²) in [7, 11) is 0. The largest absolute Gasteiger partial charge is 0.493 e. The Kier molecular flexibility index (Phi) is 5.32. The second-order valence-corrected chi connectivity index (χ2v) is 9.40. The van der Waals surface area contributed by atoms with E-state index in [0.717, 1.165) is 29.5 Å². The smallest absolute Gasteiger partial charge is 0.326 e. The van der Waals surface area contributed by atoms with Crippen LogP contribution in [0.5, 0.6) is 17.4 Å². The molecule has 0 saturated heterocycles. The van der Waals surface area contributed by atoms with Gasteiger partial charge in [-0.2, -0.15) is 9.61 Å². The second-order valence-electron chi connectivity index (χ2n) is 9.40. The molecule has 7 rings (SSSR count). The molecule has 3 aromatic heterocycles. The number of hydrogen-bond donors (Lipinski definition) is 4. The number of rotatable bonds is 6. The number of aromatic nitrogens is 5. The fraction of sp³-hybridized carbons (Fsp3) is 0.185. The maximum absolute atomic E-state index is 14.3. The van der Waals surface area contributed by atoms with Crippen LogP contribution in [0, 0.1) is 5.82 Å². The molecule has 4 N–H and O–H groups in total. The zero-order valence-electron chi connectivity index (χ0n) is 20.4. The number of hydrogen-bond acceptors (Lipinski definition) is 8. The Bertz CT molecular complexity index is 1920. The Hall–Kier alpha value is -5.13. The van der Waals surface area contributed by atoms with Crippen molar-refractivity contribution in [2.45, 2.75) is 25.4 Å². The molecule has 0 spiro atoms. The van der Waals surface area contributed by atoms with Gasteiger partial charge in [0.05, 0.1) is 12.2 Å². The summed E-state index contributed by atoms with van der Waals surface area (Å²) >= 11 is 0. The highest BCUT2D eigenvalue weighted by Crippen LogP contribution is 2.37. The molecule has 39 heavy (non-hydrogen) atoms. The van der Waals surface area contributed by atoms with Crippen molar-refractivity contribution in [1.82, 2.24) is 24.6 Å². The van der Waals surface area contributed by atoms with Gasteiger partial charge in [0, 0.05) is 17.8 Å². The lowest BCUT2D eigenvalue weighted by Crippen LogP contribution is -2.20. The molecule has 2 aliphatic rings. The molecule has 11 nitrogen and oxygen atoms in total. The Balaban J connectivity index is 1.27. The van der Waals surface area contributed by atoms with Crippen LogP contribution in [-0.4, -0.2) is 42.5 Å². The van der Waals surface area contributed by atoms with Crippen LogP contribution in [-0.2, 0) is 6.54 Å². The summed E-state index contributed by atoms with van der Waals surface area (Å²) in [6, 6.07) is 12.2. The fourth-order valence-electron chi connectivity index (χ4n) is 4.51. The third-order valence-corrected chi connectivity index (χ3v) is 6.59. The van der Waals surface area contributed by atoms with Gasteiger partial charge in [-0.1, -0.05) is 12.1 Å². The molecule has 0 radical (unpaired) electrons. The first-order chi connectivity index (χ1) is 19.0. The molecule has 0 amide bonds. The minimum absolute atomic E-state index is 0.159. The van der Waals surface area contributed by atoms with E-state index in [9.17, 15) is 14.3 Å². The van der Waals surface area contributed by atoms with Gasteiger partial charge in [0.2, 0.25) is 12.7 Å². The van der Waals surface area contributed by atoms with E-state index in [1.165, 1.54) is 12.1 Å². The van der Waals surface area contributed by atoms with Crippen molar-refractivity contribution < 1.29 is 19.0 Å². The number of ether oxygens (including phenoxy) is 2. The van der Waals surface area contributed by atoms with Gasteiger partial charge in [-0.3, -0.25) is 9.98 Å². The van der Waals surface area contributed by atoms with E-state index in [-0.39, 0.29) is 30.2 Å². The lowest BCUT2D eigenvalue weighted by molar-refractivity contribution is 0.174. The van der Waals surface area contributed by atoms with Crippen molar-refractivity contribution in [3.63, 3.8) is 0 Å². The van der Waals surface area contributed by atoms with Crippen LogP contribution in [0.4, 0.5) is 10.2 Å². The SMILES string of the molecule is O=c1[nH]c(O)c(C=c2cnn3c(=NC4CC4)cc(NCc4ccc(F)cc4-c4ccc5c(c4)OCO5)nc23)[nH]1. The standard InChI is InChI=1S/C27H22FN7O4/c28-17-3-1-15(19(9-17)14-2-6-21-22(8-14)39-13-38-21)11-29-23-10-24(31-18-4-5-18)35-25(33-23)16(12-30-35)7-20-26(36)34-27(37)32-20/h1-3,6-10,12,18,29,36H,4-5,11,13H2,(H2,32,34,37). The Labute approximate surface area is 219 Å². The van der Waals surface area contributed by atoms with E-state index in [1.807, 2.05) is 24.3 Å². The van der Waals surface area contributed by atoms with Crippen molar-refractivity contribution in [1.29, 1.82) is 0 Å². The summed E-state index contributed by atoms with van der Waals surface area (Å²) in [5.74, 6) is 1.20. The van der Waals surface area contributed by atoms with Gasteiger partial charge in [-0.15, -0.1) is 0 Å². The summed E-state index contributed by atoms with van der Waals surface area (Å²) in [6.45, 7) is 0.516.